The number of halogens is 1. The molecule has 3 aromatic rings. The van der Waals surface area contributed by atoms with Gasteiger partial charge in [0.1, 0.15) is 0 Å². The highest BCUT2D eigenvalue weighted by atomic mass is 35.5. The summed E-state index contributed by atoms with van der Waals surface area (Å²) in [5, 5.41) is 0.774. The normalized spacial score (nSPS) is 14.9. The van der Waals surface area contributed by atoms with Crippen LogP contribution in [0.5, 0.6) is 0 Å². The lowest BCUT2D eigenvalue weighted by atomic mass is 9.87. The zero-order valence-corrected chi connectivity index (χ0v) is 15.9. The maximum atomic E-state index is 6.36. The predicted octanol–water partition coefficient (Wildman–Crippen LogP) is 7.21. The predicted molar refractivity (Wildman–Crippen MR) is 109 cm³/mol. The molecule has 1 aliphatic carbocycles. The third-order valence-electron chi connectivity index (χ3n) is 4.62. The molecule has 0 unspecified atom stereocenters. The average molecular weight is 363 g/mol. The van der Waals surface area contributed by atoms with Gasteiger partial charge in [0, 0.05) is 20.2 Å². The van der Waals surface area contributed by atoms with E-state index < -0.39 is 0 Å². The second kappa shape index (κ2) is 6.40. The van der Waals surface area contributed by atoms with Crippen LogP contribution in [0.1, 0.15) is 30.5 Å². The standard InChI is InChI=1S/C23H19ClS/c1-23(2)15-20(18-10-6-7-11-21(18)23)19-14-16(24)12-13-22(19)25-17-8-4-3-5-9-17/h3-15H,1-2H3. The summed E-state index contributed by atoms with van der Waals surface area (Å²) >= 11 is 8.15. The molecule has 0 spiro atoms. The molecule has 25 heavy (non-hydrogen) atoms. The lowest BCUT2D eigenvalue weighted by Gasteiger charge is -2.16. The lowest BCUT2D eigenvalue weighted by Crippen LogP contribution is -2.10. The van der Waals surface area contributed by atoms with Gasteiger partial charge in [0.05, 0.1) is 0 Å². The molecule has 124 valence electrons. The summed E-state index contributed by atoms with van der Waals surface area (Å²) in [7, 11) is 0. The van der Waals surface area contributed by atoms with E-state index in [2.05, 4.69) is 80.6 Å². The highest BCUT2D eigenvalue weighted by molar-refractivity contribution is 7.99. The largest absolute Gasteiger partial charge is 0.0894 e. The third kappa shape index (κ3) is 3.15. The van der Waals surface area contributed by atoms with E-state index >= 15 is 0 Å². The quantitative estimate of drug-likeness (QED) is 0.474. The molecule has 0 saturated heterocycles. The van der Waals surface area contributed by atoms with Gasteiger partial charge in [-0.1, -0.05) is 85.8 Å². The minimum absolute atomic E-state index is 0.0307. The molecule has 0 bridgehead atoms. The molecule has 0 amide bonds. The summed E-state index contributed by atoms with van der Waals surface area (Å²) in [6.45, 7) is 4.54. The van der Waals surface area contributed by atoms with Crippen molar-refractivity contribution in [3.63, 3.8) is 0 Å². The zero-order chi connectivity index (χ0) is 17.4. The molecule has 0 saturated carbocycles. The van der Waals surface area contributed by atoms with Gasteiger partial charge in [-0.15, -0.1) is 0 Å². The maximum absolute atomic E-state index is 6.36. The Labute approximate surface area is 158 Å². The van der Waals surface area contributed by atoms with Crippen LogP contribution in [-0.2, 0) is 5.41 Å². The molecule has 0 atom stereocenters. The molecule has 1 aliphatic rings. The summed E-state index contributed by atoms with van der Waals surface area (Å²) in [6, 6.07) is 25.4. The van der Waals surface area contributed by atoms with Crippen LogP contribution in [0, 0.1) is 0 Å². The van der Waals surface area contributed by atoms with E-state index in [1.165, 1.54) is 32.1 Å². The van der Waals surface area contributed by atoms with Crippen LogP contribution in [0.15, 0.2) is 88.7 Å². The van der Waals surface area contributed by atoms with Crippen molar-refractivity contribution in [2.45, 2.75) is 29.1 Å². The lowest BCUT2D eigenvalue weighted by molar-refractivity contribution is 0.683. The van der Waals surface area contributed by atoms with Gasteiger partial charge in [-0.3, -0.25) is 0 Å². The maximum Gasteiger partial charge on any atom is 0.0412 e. The Morgan fingerprint density at radius 2 is 1.52 bits per heavy atom. The summed E-state index contributed by atoms with van der Waals surface area (Å²) in [5.41, 5.74) is 5.20. The Morgan fingerprint density at radius 3 is 2.32 bits per heavy atom. The number of allylic oxidation sites excluding steroid dienone is 1. The first-order valence-corrected chi connectivity index (χ1v) is 9.60. The second-order valence-corrected chi connectivity index (χ2v) is 8.43. The van der Waals surface area contributed by atoms with Gasteiger partial charge in [-0.05, 0) is 52.6 Å². The fraction of sp³-hybridized carbons (Fsp3) is 0.130. The number of hydrogen-bond donors (Lipinski definition) is 0. The van der Waals surface area contributed by atoms with E-state index in [4.69, 9.17) is 11.6 Å². The van der Waals surface area contributed by atoms with E-state index in [-0.39, 0.29) is 5.41 Å². The van der Waals surface area contributed by atoms with E-state index in [1.807, 2.05) is 12.1 Å². The van der Waals surface area contributed by atoms with Crippen molar-refractivity contribution in [2.75, 3.05) is 0 Å². The first-order valence-electron chi connectivity index (χ1n) is 8.40. The van der Waals surface area contributed by atoms with Crippen LogP contribution in [0.2, 0.25) is 5.02 Å². The van der Waals surface area contributed by atoms with Crippen LogP contribution < -0.4 is 0 Å². The topological polar surface area (TPSA) is 0 Å². The van der Waals surface area contributed by atoms with Gasteiger partial charge in [-0.25, -0.2) is 0 Å². The van der Waals surface area contributed by atoms with Gasteiger partial charge in [-0.2, -0.15) is 0 Å². The highest BCUT2D eigenvalue weighted by Gasteiger charge is 2.30. The molecule has 0 aromatic heterocycles. The van der Waals surface area contributed by atoms with Crippen LogP contribution in [0.4, 0.5) is 0 Å². The van der Waals surface area contributed by atoms with Crippen molar-refractivity contribution in [1.82, 2.24) is 0 Å². The van der Waals surface area contributed by atoms with Crippen molar-refractivity contribution in [3.05, 3.63) is 101 Å². The van der Waals surface area contributed by atoms with Crippen LogP contribution in [0.25, 0.3) is 5.57 Å². The minimum Gasteiger partial charge on any atom is -0.0894 e. The average Bonchev–Trinajstić information content (AvgIpc) is 2.89. The van der Waals surface area contributed by atoms with Gasteiger partial charge < -0.3 is 0 Å². The second-order valence-electron chi connectivity index (χ2n) is 6.88. The van der Waals surface area contributed by atoms with Crippen molar-refractivity contribution in [1.29, 1.82) is 0 Å². The summed E-state index contributed by atoms with van der Waals surface area (Å²) in [5.74, 6) is 0. The summed E-state index contributed by atoms with van der Waals surface area (Å²) < 4.78 is 0. The summed E-state index contributed by atoms with van der Waals surface area (Å²) in [4.78, 5) is 2.46. The molecule has 0 N–H and O–H groups in total. The fourth-order valence-corrected chi connectivity index (χ4v) is 4.57. The molecule has 0 radical (unpaired) electrons. The highest BCUT2D eigenvalue weighted by Crippen LogP contribution is 2.46. The Morgan fingerprint density at radius 1 is 0.800 bits per heavy atom. The molecular formula is C23H19ClS. The summed E-state index contributed by atoms with van der Waals surface area (Å²) in [6.07, 6.45) is 2.37. The molecule has 0 aliphatic heterocycles. The molecule has 0 heterocycles. The first-order chi connectivity index (χ1) is 12.0. The molecule has 2 heteroatoms. The van der Waals surface area contributed by atoms with Gasteiger partial charge in [0.2, 0.25) is 0 Å². The van der Waals surface area contributed by atoms with E-state index in [0.29, 0.717) is 0 Å². The fourth-order valence-electron chi connectivity index (χ4n) is 3.44. The van der Waals surface area contributed by atoms with Gasteiger partial charge in [0.15, 0.2) is 0 Å². The third-order valence-corrected chi connectivity index (χ3v) is 5.94. The number of fused-ring (bicyclic) bond motifs is 1. The number of hydrogen-bond acceptors (Lipinski definition) is 1. The molecule has 4 rings (SSSR count). The first kappa shape index (κ1) is 16.5. The molecular weight excluding hydrogens is 344 g/mol. The van der Waals surface area contributed by atoms with E-state index in [0.717, 1.165) is 5.02 Å². The van der Waals surface area contributed by atoms with Gasteiger partial charge >= 0.3 is 0 Å². The van der Waals surface area contributed by atoms with E-state index in [9.17, 15) is 0 Å². The monoisotopic (exact) mass is 362 g/mol. The molecule has 3 aromatic carbocycles. The molecule has 0 nitrogen and oxygen atoms in total. The Kier molecular flexibility index (Phi) is 4.23. The van der Waals surface area contributed by atoms with Gasteiger partial charge in [0.25, 0.3) is 0 Å². The van der Waals surface area contributed by atoms with Crippen LogP contribution >= 0.6 is 23.4 Å². The van der Waals surface area contributed by atoms with Crippen molar-refractivity contribution >= 4 is 28.9 Å². The van der Waals surface area contributed by atoms with Crippen molar-refractivity contribution in [2.24, 2.45) is 0 Å². The minimum atomic E-state index is 0.0307. The Hall–Kier alpha value is -1.96. The van der Waals surface area contributed by atoms with Crippen molar-refractivity contribution in [3.8, 4) is 0 Å². The Balaban J connectivity index is 1.85. The van der Waals surface area contributed by atoms with Crippen molar-refractivity contribution < 1.29 is 0 Å². The SMILES string of the molecule is CC1(C)C=C(c2cc(Cl)ccc2Sc2ccccc2)c2ccccc21. The number of rotatable bonds is 3. The smallest absolute Gasteiger partial charge is 0.0412 e. The van der Waals surface area contributed by atoms with Crippen LogP contribution in [0.3, 0.4) is 0 Å². The molecule has 0 fully saturated rings. The van der Waals surface area contributed by atoms with Crippen LogP contribution in [-0.4, -0.2) is 0 Å². The zero-order valence-electron chi connectivity index (χ0n) is 14.3. The van der Waals surface area contributed by atoms with E-state index in [1.54, 1.807) is 11.8 Å². The number of benzene rings is 3. The Bertz CT molecular complexity index is 955.